The molecule has 0 aromatic carbocycles. The maximum absolute atomic E-state index is 11.5. The number of carbonyl (C=O) groups excluding carboxylic acids is 1. The Morgan fingerprint density at radius 1 is 1.43 bits per heavy atom. The summed E-state index contributed by atoms with van der Waals surface area (Å²) in [6, 6.07) is 0.0729. The highest BCUT2D eigenvalue weighted by molar-refractivity contribution is 5.75. The van der Waals surface area contributed by atoms with E-state index >= 15 is 0 Å². The summed E-state index contributed by atoms with van der Waals surface area (Å²) in [5, 5.41) is 9.76. The van der Waals surface area contributed by atoms with Crippen molar-refractivity contribution in [3.05, 3.63) is 0 Å². The third-order valence-electron chi connectivity index (χ3n) is 3.40. The molecule has 80 valence electrons. The summed E-state index contributed by atoms with van der Waals surface area (Å²) in [7, 11) is 1.43. The Labute approximate surface area is 83.8 Å². The van der Waals surface area contributed by atoms with Gasteiger partial charge in [-0.2, -0.15) is 0 Å². The van der Waals surface area contributed by atoms with Gasteiger partial charge in [0, 0.05) is 6.04 Å². The molecule has 2 saturated heterocycles. The maximum Gasteiger partial charge on any atom is 0.323 e. The van der Waals surface area contributed by atoms with E-state index in [9.17, 15) is 9.90 Å². The van der Waals surface area contributed by atoms with Gasteiger partial charge >= 0.3 is 5.97 Å². The quantitative estimate of drug-likeness (QED) is 0.611. The van der Waals surface area contributed by atoms with Crippen molar-refractivity contribution in [2.24, 2.45) is 0 Å². The molecule has 2 aliphatic rings. The van der Waals surface area contributed by atoms with Gasteiger partial charge in [0.2, 0.25) is 0 Å². The van der Waals surface area contributed by atoms with Crippen LogP contribution in [0.15, 0.2) is 0 Å². The summed E-state index contributed by atoms with van der Waals surface area (Å²) in [6.45, 7) is 0.918. The summed E-state index contributed by atoms with van der Waals surface area (Å²) in [5.41, 5.74) is 0. The first-order valence-corrected chi connectivity index (χ1v) is 5.25. The lowest BCUT2D eigenvalue weighted by Crippen LogP contribution is -2.53. The molecule has 0 bridgehead atoms. The lowest BCUT2D eigenvalue weighted by Gasteiger charge is -2.38. The number of carbonyl (C=O) groups is 1. The van der Waals surface area contributed by atoms with E-state index in [1.807, 2.05) is 0 Å². The van der Waals surface area contributed by atoms with Gasteiger partial charge in [0.15, 0.2) is 0 Å². The van der Waals surface area contributed by atoms with Gasteiger partial charge < -0.3 is 9.84 Å². The highest BCUT2D eigenvalue weighted by Crippen LogP contribution is 2.31. The van der Waals surface area contributed by atoms with Crippen LogP contribution in [0.2, 0.25) is 0 Å². The predicted octanol–water partition coefficient (Wildman–Crippen LogP) is 0.147. The van der Waals surface area contributed by atoms with Crippen molar-refractivity contribution in [1.82, 2.24) is 4.90 Å². The molecule has 0 unspecified atom stereocenters. The van der Waals surface area contributed by atoms with Crippen LogP contribution in [0.1, 0.15) is 25.7 Å². The number of rotatable bonds is 1. The summed E-state index contributed by atoms with van der Waals surface area (Å²) in [4.78, 5) is 13.6. The fraction of sp³-hybridized carbons (Fsp3) is 0.900. The highest BCUT2D eigenvalue weighted by atomic mass is 16.5. The van der Waals surface area contributed by atoms with Crippen molar-refractivity contribution in [3.8, 4) is 0 Å². The molecule has 0 aromatic rings. The van der Waals surface area contributed by atoms with Crippen LogP contribution in [-0.4, -0.2) is 47.8 Å². The third kappa shape index (κ3) is 1.53. The molecule has 2 heterocycles. The number of hydrogen-bond acceptors (Lipinski definition) is 4. The van der Waals surface area contributed by atoms with E-state index in [2.05, 4.69) is 4.90 Å². The minimum absolute atomic E-state index is 0.115. The van der Waals surface area contributed by atoms with E-state index in [1.54, 1.807) is 0 Å². The molecule has 0 spiro atoms. The predicted molar refractivity (Wildman–Crippen MR) is 50.8 cm³/mol. The molecule has 1 N–H and O–H groups in total. The standard InChI is InChI=1S/C10H17NO3/c1-14-10(13)8-4-5-9(12)7-3-2-6-11(7)8/h7-9,12H,2-6H2,1H3/t7-,8-,9-/m1/s1. The SMILES string of the molecule is COC(=O)[C@H]1CC[C@@H](O)[C@H]2CCCN12. The van der Waals surface area contributed by atoms with E-state index in [1.165, 1.54) is 7.11 Å². The molecule has 3 atom stereocenters. The molecule has 0 aliphatic carbocycles. The third-order valence-corrected chi connectivity index (χ3v) is 3.40. The molecule has 0 saturated carbocycles. The minimum atomic E-state index is -0.251. The second-order valence-electron chi connectivity index (χ2n) is 4.13. The average Bonchev–Trinajstić information content (AvgIpc) is 2.67. The zero-order chi connectivity index (χ0) is 10.1. The van der Waals surface area contributed by atoms with Crippen LogP contribution in [0.4, 0.5) is 0 Å². The monoisotopic (exact) mass is 199 g/mol. The lowest BCUT2D eigenvalue weighted by atomic mass is 9.94. The van der Waals surface area contributed by atoms with Crippen LogP contribution in [0.3, 0.4) is 0 Å². The van der Waals surface area contributed by atoms with E-state index in [-0.39, 0.29) is 24.2 Å². The zero-order valence-corrected chi connectivity index (χ0v) is 8.48. The van der Waals surface area contributed by atoms with Gasteiger partial charge in [-0.1, -0.05) is 0 Å². The molecule has 4 heteroatoms. The largest absolute Gasteiger partial charge is 0.468 e. The van der Waals surface area contributed by atoms with Crippen LogP contribution < -0.4 is 0 Å². The van der Waals surface area contributed by atoms with Gasteiger partial charge in [-0.15, -0.1) is 0 Å². The molecule has 2 aliphatic heterocycles. The van der Waals surface area contributed by atoms with Crippen LogP contribution in [-0.2, 0) is 9.53 Å². The Kier molecular flexibility index (Phi) is 2.74. The van der Waals surface area contributed by atoms with Crippen LogP contribution >= 0.6 is 0 Å². The topological polar surface area (TPSA) is 49.8 Å². The Balaban J connectivity index is 2.09. The number of piperidine rings is 1. The normalized spacial score (nSPS) is 38.0. The molecule has 4 nitrogen and oxygen atoms in total. The first kappa shape index (κ1) is 9.93. The zero-order valence-electron chi connectivity index (χ0n) is 8.48. The van der Waals surface area contributed by atoms with E-state index in [0.717, 1.165) is 32.2 Å². The number of esters is 1. The van der Waals surface area contributed by atoms with Gasteiger partial charge in [0.05, 0.1) is 13.2 Å². The lowest BCUT2D eigenvalue weighted by molar-refractivity contribution is -0.151. The molecule has 0 amide bonds. The number of hydrogen-bond donors (Lipinski definition) is 1. The summed E-state index contributed by atoms with van der Waals surface area (Å²) >= 11 is 0. The van der Waals surface area contributed by atoms with Crippen LogP contribution in [0.25, 0.3) is 0 Å². The average molecular weight is 199 g/mol. The van der Waals surface area contributed by atoms with Gasteiger partial charge in [-0.25, -0.2) is 0 Å². The van der Waals surface area contributed by atoms with Crippen molar-refractivity contribution in [1.29, 1.82) is 0 Å². The Hall–Kier alpha value is -0.610. The van der Waals surface area contributed by atoms with Crippen LogP contribution in [0.5, 0.6) is 0 Å². The number of ether oxygens (including phenoxy) is 1. The fourth-order valence-corrected chi connectivity index (χ4v) is 2.69. The van der Waals surface area contributed by atoms with E-state index in [4.69, 9.17) is 4.74 Å². The number of fused-ring (bicyclic) bond motifs is 1. The molecule has 0 radical (unpaired) electrons. The second-order valence-corrected chi connectivity index (χ2v) is 4.13. The van der Waals surface area contributed by atoms with Gasteiger partial charge in [-0.3, -0.25) is 9.69 Å². The number of nitrogens with zero attached hydrogens (tertiary/aromatic N) is 1. The Morgan fingerprint density at radius 2 is 2.21 bits per heavy atom. The van der Waals surface area contributed by atoms with Gasteiger partial charge in [-0.05, 0) is 32.2 Å². The number of aliphatic hydroxyl groups is 1. The van der Waals surface area contributed by atoms with Gasteiger partial charge in [0.25, 0.3) is 0 Å². The maximum atomic E-state index is 11.5. The second kappa shape index (κ2) is 3.87. The summed E-state index contributed by atoms with van der Waals surface area (Å²) in [6.07, 6.45) is 3.29. The fourth-order valence-electron chi connectivity index (χ4n) is 2.69. The van der Waals surface area contributed by atoms with Crippen LogP contribution in [0, 0.1) is 0 Å². The number of aliphatic hydroxyl groups excluding tert-OH is 1. The summed E-state index contributed by atoms with van der Waals surface area (Å²) < 4.78 is 4.77. The van der Waals surface area contributed by atoms with Crippen molar-refractivity contribution >= 4 is 5.97 Å². The minimum Gasteiger partial charge on any atom is -0.468 e. The first-order chi connectivity index (χ1) is 6.74. The number of methoxy groups -OCH3 is 1. The molecular formula is C10H17NO3. The highest BCUT2D eigenvalue weighted by Gasteiger charge is 2.42. The summed E-state index contributed by atoms with van der Waals surface area (Å²) in [5.74, 6) is -0.149. The van der Waals surface area contributed by atoms with E-state index in [0.29, 0.717) is 0 Å². The van der Waals surface area contributed by atoms with Gasteiger partial charge in [0.1, 0.15) is 6.04 Å². The van der Waals surface area contributed by atoms with Crippen molar-refractivity contribution in [2.45, 2.75) is 43.9 Å². The molecule has 0 aromatic heterocycles. The van der Waals surface area contributed by atoms with Crippen molar-refractivity contribution in [2.75, 3.05) is 13.7 Å². The molecule has 2 rings (SSSR count). The smallest absolute Gasteiger partial charge is 0.323 e. The molecule has 2 fully saturated rings. The van der Waals surface area contributed by atoms with E-state index < -0.39 is 0 Å². The molecule has 14 heavy (non-hydrogen) atoms. The molecular weight excluding hydrogens is 182 g/mol. The van der Waals surface area contributed by atoms with Crippen molar-refractivity contribution in [3.63, 3.8) is 0 Å². The first-order valence-electron chi connectivity index (χ1n) is 5.25. The Bertz CT molecular complexity index is 231. The van der Waals surface area contributed by atoms with Crippen molar-refractivity contribution < 1.29 is 14.6 Å². The Morgan fingerprint density at radius 3 is 2.93 bits per heavy atom.